The minimum absolute atomic E-state index is 0.0161. The minimum atomic E-state index is -0.171. The van der Waals surface area contributed by atoms with E-state index in [0.29, 0.717) is 19.5 Å². The predicted molar refractivity (Wildman–Crippen MR) is 100 cm³/mol. The molecule has 144 valence electrons. The Morgan fingerprint density at radius 3 is 2.37 bits per heavy atom. The zero-order chi connectivity index (χ0) is 19.0. The average molecular weight is 370 g/mol. The number of methoxy groups -OCH3 is 2. The quantitative estimate of drug-likeness (QED) is 0.589. The minimum Gasteiger partial charge on any atom is -0.497 e. The molecule has 2 heterocycles. The molecule has 6 nitrogen and oxygen atoms in total. The van der Waals surface area contributed by atoms with E-state index < -0.39 is 0 Å². The lowest BCUT2D eigenvalue weighted by Crippen LogP contribution is -2.41. The Bertz CT molecular complexity index is 749. The van der Waals surface area contributed by atoms with Crippen molar-refractivity contribution >= 4 is 11.8 Å². The van der Waals surface area contributed by atoms with Gasteiger partial charge < -0.3 is 9.47 Å². The van der Waals surface area contributed by atoms with Crippen molar-refractivity contribution in [1.82, 2.24) is 9.80 Å². The summed E-state index contributed by atoms with van der Waals surface area (Å²) in [5, 5.41) is 0. The molecule has 0 saturated carbocycles. The van der Waals surface area contributed by atoms with Gasteiger partial charge in [0.25, 0.3) is 0 Å². The lowest BCUT2D eigenvalue weighted by molar-refractivity contribution is -0.142. The van der Waals surface area contributed by atoms with Crippen molar-refractivity contribution in [2.75, 3.05) is 27.4 Å². The van der Waals surface area contributed by atoms with Crippen LogP contribution in [0.2, 0.25) is 0 Å². The molecule has 0 spiro atoms. The summed E-state index contributed by atoms with van der Waals surface area (Å²) in [7, 11) is 3.31. The Morgan fingerprint density at radius 2 is 1.74 bits per heavy atom. The molecule has 2 fully saturated rings. The van der Waals surface area contributed by atoms with E-state index in [1.807, 2.05) is 30.4 Å². The van der Waals surface area contributed by atoms with E-state index in [-0.39, 0.29) is 29.7 Å². The molecule has 2 amide bonds. The number of hydrogen-bond donors (Lipinski definition) is 0. The lowest BCUT2D eigenvalue weighted by atomic mass is 9.85. The first-order valence-corrected chi connectivity index (χ1v) is 9.60. The van der Waals surface area contributed by atoms with Gasteiger partial charge in [-0.25, -0.2) is 0 Å². The van der Waals surface area contributed by atoms with Crippen LogP contribution in [0.4, 0.5) is 0 Å². The van der Waals surface area contributed by atoms with E-state index in [4.69, 9.17) is 9.47 Å². The Kier molecular flexibility index (Phi) is 4.91. The van der Waals surface area contributed by atoms with Gasteiger partial charge in [-0.2, -0.15) is 0 Å². The Hall–Kier alpha value is -2.34. The summed E-state index contributed by atoms with van der Waals surface area (Å²) >= 11 is 0. The van der Waals surface area contributed by atoms with Crippen LogP contribution in [0.5, 0.6) is 11.5 Å². The fraction of sp³-hybridized carbons (Fsp3) is 0.524. The zero-order valence-electron chi connectivity index (χ0n) is 15.9. The number of carbonyl (C=O) groups is 2. The number of allylic oxidation sites excluding steroid dienone is 2. The second-order valence-electron chi connectivity index (χ2n) is 7.48. The lowest BCUT2D eigenvalue weighted by Gasteiger charge is -2.29. The van der Waals surface area contributed by atoms with Crippen LogP contribution in [-0.2, 0) is 9.59 Å². The molecular weight excluding hydrogens is 344 g/mol. The summed E-state index contributed by atoms with van der Waals surface area (Å²) in [6, 6.07) is 5.90. The maximum absolute atomic E-state index is 12.8. The molecule has 2 aliphatic heterocycles. The van der Waals surface area contributed by atoms with Crippen molar-refractivity contribution in [3.05, 3.63) is 35.9 Å². The van der Waals surface area contributed by atoms with Gasteiger partial charge in [0.1, 0.15) is 11.5 Å². The molecule has 4 rings (SSSR count). The Labute approximate surface area is 159 Å². The number of imide groups is 1. The van der Waals surface area contributed by atoms with Crippen molar-refractivity contribution < 1.29 is 19.1 Å². The molecule has 0 N–H and O–H groups in total. The van der Waals surface area contributed by atoms with Gasteiger partial charge in [0.15, 0.2) is 0 Å². The number of carbonyl (C=O) groups excluding carboxylic acids is 2. The summed E-state index contributed by atoms with van der Waals surface area (Å²) < 4.78 is 10.9. The molecule has 6 heteroatoms. The number of likely N-dealkylation sites (tertiary alicyclic amines) is 2. The molecule has 0 unspecified atom stereocenters. The van der Waals surface area contributed by atoms with Gasteiger partial charge in [-0.05, 0) is 43.9 Å². The van der Waals surface area contributed by atoms with Gasteiger partial charge in [-0.3, -0.25) is 19.4 Å². The van der Waals surface area contributed by atoms with E-state index in [1.165, 1.54) is 4.90 Å². The van der Waals surface area contributed by atoms with Crippen LogP contribution in [-0.4, -0.2) is 49.0 Å². The van der Waals surface area contributed by atoms with E-state index in [1.54, 1.807) is 14.2 Å². The molecule has 1 aromatic rings. The van der Waals surface area contributed by atoms with E-state index in [0.717, 1.165) is 36.4 Å². The van der Waals surface area contributed by atoms with Crippen LogP contribution < -0.4 is 9.47 Å². The summed E-state index contributed by atoms with van der Waals surface area (Å²) in [4.78, 5) is 29.3. The smallest absolute Gasteiger partial charge is 0.234 e. The Morgan fingerprint density at radius 1 is 1.04 bits per heavy atom. The van der Waals surface area contributed by atoms with Crippen LogP contribution in [0.15, 0.2) is 30.4 Å². The predicted octanol–water partition coefficient (Wildman–Crippen LogP) is 2.75. The van der Waals surface area contributed by atoms with Gasteiger partial charge in [0, 0.05) is 18.2 Å². The summed E-state index contributed by atoms with van der Waals surface area (Å²) in [5.41, 5.74) is 1.05. The van der Waals surface area contributed by atoms with Crippen LogP contribution in [0.3, 0.4) is 0 Å². The zero-order valence-corrected chi connectivity index (χ0v) is 15.9. The van der Waals surface area contributed by atoms with Crippen molar-refractivity contribution in [3.8, 4) is 11.5 Å². The summed E-state index contributed by atoms with van der Waals surface area (Å²) in [5.74, 6) is 1.22. The highest BCUT2D eigenvalue weighted by Gasteiger charge is 2.48. The van der Waals surface area contributed by atoms with E-state index in [2.05, 4.69) is 4.90 Å². The number of rotatable bonds is 5. The normalized spacial score (nSPS) is 27.9. The molecular formula is C21H26N2O4. The molecule has 1 aromatic carbocycles. The topological polar surface area (TPSA) is 59.1 Å². The van der Waals surface area contributed by atoms with E-state index >= 15 is 0 Å². The third-order valence-corrected chi connectivity index (χ3v) is 6.08. The number of amides is 2. The molecule has 2 saturated heterocycles. The fourth-order valence-corrected chi connectivity index (χ4v) is 4.64. The van der Waals surface area contributed by atoms with E-state index in [9.17, 15) is 9.59 Å². The first kappa shape index (κ1) is 18.0. The first-order chi connectivity index (χ1) is 13.1. The highest BCUT2D eigenvalue weighted by Crippen LogP contribution is 2.41. The van der Waals surface area contributed by atoms with Crippen molar-refractivity contribution in [2.24, 2.45) is 11.8 Å². The van der Waals surface area contributed by atoms with Crippen molar-refractivity contribution in [3.63, 3.8) is 0 Å². The van der Waals surface area contributed by atoms with Gasteiger partial charge in [0.2, 0.25) is 11.8 Å². The molecule has 0 radical (unpaired) electrons. The monoisotopic (exact) mass is 370 g/mol. The van der Waals surface area contributed by atoms with Crippen LogP contribution >= 0.6 is 0 Å². The van der Waals surface area contributed by atoms with Gasteiger partial charge in [0.05, 0.1) is 32.7 Å². The average Bonchev–Trinajstić information content (AvgIpc) is 3.26. The van der Waals surface area contributed by atoms with Crippen molar-refractivity contribution in [2.45, 2.75) is 31.7 Å². The Balaban J connectivity index is 1.56. The first-order valence-electron chi connectivity index (χ1n) is 9.60. The molecule has 3 atom stereocenters. The SMILES string of the molecule is COc1ccc(OC)c([C@H]2CCCN2CN2C(=O)[C@H]3CC=CC[C@H]3C2=O)c1. The van der Waals surface area contributed by atoms with Crippen molar-refractivity contribution in [1.29, 1.82) is 0 Å². The third kappa shape index (κ3) is 3.12. The summed E-state index contributed by atoms with van der Waals surface area (Å²) in [6.07, 6.45) is 7.40. The molecule has 0 bridgehead atoms. The number of hydrogen-bond acceptors (Lipinski definition) is 5. The standard InChI is InChI=1S/C21H26N2O4/c1-26-14-9-10-19(27-2)17(12-14)18-8-5-11-22(18)13-23-20(24)15-6-3-4-7-16(15)21(23)25/h3-4,9-10,12,15-16,18H,5-8,11,13H2,1-2H3/t15-,16+,18-/m1/s1. The number of fused-ring (bicyclic) bond motifs is 1. The number of ether oxygens (including phenoxy) is 2. The molecule has 3 aliphatic rings. The van der Waals surface area contributed by atoms with Gasteiger partial charge in [-0.1, -0.05) is 12.2 Å². The van der Waals surface area contributed by atoms with Crippen LogP contribution in [0, 0.1) is 11.8 Å². The number of benzene rings is 1. The van der Waals surface area contributed by atoms with Gasteiger partial charge in [-0.15, -0.1) is 0 Å². The molecule has 27 heavy (non-hydrogen) atoms. The van der Waals surface area contributed by atoms with Crippen LogP contribution in [0.1, 0.15) is 37.3 Å². The molecule has 1 aliphatic carbocycles. The second kappa shape index (κ2) is 7.35. The highest BCUT2D eigenvalue weighted by molar-refractivity contribution is 6.05. The maximum Gasteiger partial charge on any atom is 0.234 e. The third-order valence-electron chi connectivity index (χ3n) is 6.08. The number of nitrogens with zero attached hydrogens (tertiary/aromatic N) is 2. The molecule has 0 aromatic heterocycles. The second-order valence-corrected chi connectivity index (χ2v) is 7.48. The summed E-state index contributed by atoms with van der Waals surface area (Å²) in [6.45, 7) is 1.21. The highest BCUT2D eigenvalue weighted by atomic mass is 16.5. The maximum atomic E-state index is 12.8. The largest absolute Gasteiger partial charge is 0.497 e. The fourth-order valence-electron chi connectivity index (χ4n) is 4.64. The van der Waals surface area contributed by atoms with Crippen LogP contribution in [0.25, 0.3) is 0 Å². The van der Waals surface area contributed by atoms with Gasteiger partial charge >= 0.3 is 0 Å².